The molecule has 0 aliphatic carbocycles. The summed E-state index contributed by atoms with van der Waals surface area (Å²) in [6.07, 6.45) is 2.50. The van der Waals surface area contributed by atoms with Gasteiger partial charge in [-0.2, -0.15) is 0 Å². The Morgan fingerprint density at radius 2 is 1.55 bits per heavy atom. The van der Waals surface area contributed by atoms with Crippen molar-refractivity contribution in [2.24, 2.45) is 11.8 Å². The number of ether oxygens (including phenoxy) is 2. The van der Waals surface area contributed by atoms with Crippen LogP contribution in [0.4, 0.5) is 0 Å². The van der Waals surface area contributed by atoms with E-state index in [2.05, 4.69) is 16.0 Å². The number of rotatable bonds is 4. The molecule has 3 N–H and O–H groups in total. The normalized spacial score (nSPS) is 22.2. The van der Waals surface area contributed by atoms with Crippen LogP contribution in [0.25, 0.3) is 0 Å². The quantitative estimate of drug-likeness (QED) is 0.422. The highest BCUT2D eigenvalue weighted by atomic mass is 16.5. The number of amides is 5. The van der Waals surface area contributed by atoms with Crippen LogP contribution >= 0.6 is 0 Å². The maximum Gasteiger partial charge on any atom is 0.258 e. The number of hydrogen-bond donors (Lipinski definition) is 3. The van der Waals surface area contributed by atoms with E-state index in [0.29, 0.717) is 50.9 Å². The zero-order chi connectivity index (χ0) is 35.5. The molecule has 12 heteroatoms. The number of carbonyl (C=O) groups excluding carboxylic acids is 5. The van der Waals surface area contributed by atoms with Crippen LogP contribution in [0, 0.1) is 11.8 Å². The summed E-state index contributed by atoms with van der Waals surface area (Å²) in [5.41, 5.74) is 1.19. The van der Waals surface area contributed by atoms with Crippen molar-refractivity contribution in [3.8, 4) is 11.5 Å². The topological polar surface area (TPSA) is 146 Å². The Kier molecular flexibility index (Phi) is 13.4. The van der Waals surface area contributed by atoms with Crippen molar-refractivity contribution in [2.75, 3.05) is 39.9 Å². The molecule has 1 fully saturated rings. The van der Waals surface area contributed by atoms with Crippen LogP contribution in [0.2, 0.25) is 0 Å². The molecule has 3 atom stereocenters. The molecule has 5 amide bonds. The number of para-hydroxylation sites is 1. The van der Waals surface area contributed by atoms with E-state index in [1.54, 1.807) is 36.2 Å². The standard InChI is InChI=1S/C37H51N5O7/c1-24(2)21-29-36(46)42-19-8-10-30(42)37(47)41(5)31(22-25(3)4)35(45)39-17-16-26-12-14-27(15-13-26)48-20-18-38-33(43)23-49-32-11-7-6-9-28(32)34(44)40-29/h6-7,9,11-15,24-25,29-31H,8,10,16-23H2,1-5H3,(H,38,43)(H,39,45)(H,40,44)/t29-,30-,31+/m1/s1. The minimum absolute atomic E-state index is 0.0602. The third kappa shape index (κ3) is 10.4. The first-order chi connectivity index (χ1) is 23.4. The Balaban J connectivity index is 1.61. The Labute approximate surface area is 289 Å². The Morgan fingerprint density at radius 1 is 0.837 bits per heavy atom. The van der Waals surface area contributed by atoms with E-state index >= 15 is 0 Å². The zero-order valence-corrected chi connectivity index (χ0v) is 29.3. The summed E-state index contributed by atoms with van der Waals surface area (Å²) >= 11 is 0. The van der Waals surface area contributed by atoms with Crippen LogP contribution in [-0.4, -0.2) is 97.4 Å². The summed E-state index contributed by atoms with van der Waals surface area (Å²) in [4.78, 5) is 70.9. The van der Waals surface area contributed by atoms with Gasteiger partial charge in [-0.05, 0) is 73.8 Å². The molecule has 2 aromatic rings. The molecule has 2 bridgehead atoms. The van der Waals surface area contributed by atoms with E-state index in [9.17, 15) is 24.0 Å². The molecule has 2 aromatic carbocycles. The fraction of sp³-hybridized carbons (Fsp3) is 0.541. The predicted molar refractivity (Wildman–Crippen MR) is 185 cm³/mol. The molecule has 5 rings (SSSR count). The van der Waals surface area contributed by atoms with Crippen molar-refractivity contribution in [1.29, 1.82) is 0 Å². The van der Waals surface area contributed by atoms with Gasteiger partial charge in [-0.3, -0.25) is 24.0 Å². The van der Waals surface area contributed by atoms with Gasteiger partial charge in [0.05, 0.1) is 12.1 Å². The molecule has 3 aliphatic heterocycles. The molecular weight excluding hydrogens is 626 g/mol. The molecule has 266 valence electrons. The number of hydrogen-bond acceptors (Lipinski definition) is 7. The van der Waals surface area contributed by atoms with E-state index in [1.807, 2.05) is 52.0 Å². The predicted octanol–water partition coefficient (Wildman–Crippen LogP) is 2.94. The van der Waals surface area contributed by atoms with Gasteiger partial charge >= 0.3 is 0 Å². The van der Waals surface area contributed by atoms with E-state index in [4.69, 9.17) is 9.47 Å². The van der Waals surface area contributed by atoms with Crippen molar-refractivity contribution in [1.82, 2.24) is 25.8 Å². The SMILES string of the molecule is CC(C)C[C@H]1NC(=O)c2ccccc2OCC(=O)NCCOc2ccc(cc2)CCNC(=O)[C@H](CC(C)C)N(C)C(=O)[C@H]2CCCN2C1=O. The smallest absolute Gasteiger partial charge is 0.258 e. The second kappa shape index (κ2) is 17.7. The number of nitrogens with one attached hydrogen (secondary N) is 3. The first-order valence-electron chi connectivity index (χ1n) is 17.3. The fourth-order valence-electron chi connectivity index (χ4n) is 6.23. The lowest BCUT2D eigenvalue weighted by Crippen LogP contribution is -2.57. The fourth-order valence-corrected chi connectivity index (χ4v) is 6.23. The summed E-state index contributed by atoms with van der Waals surface area (Å²) in [5.74, 6) is -0.731. The maximum absolute atomic E-state index is 14.1. The van der Waals surface area contributed by atoms with Gasteiger partial charge in [-0.15, -0.1) is 0 Å². The van der Waals surface area contributed by atoms with E-state index in [1.165, 1.54) is 4.90 Å². The molecule has 0 saturated carbocycles. The molecule has 0 radical (unpaired) electrons. The van der Waals surface area contributed by atoms with Crippen LogP contribution in [0.1, 0.15) is 69.3 Å². The molecule has 3 heterocycles. The van der Waals surface area contributed by atoms with Crippen LogP contribution in [0.15, 0.2) is 48.5 Å². The summed E-state index contributed by atoms with van der Waals surface area (Å²) in [6.45, 7) is 8.87. The highest BCUT2D eigenvalue weighted by Gasteiger charge is 2.41. The number of nitrogens with zero attached hydrogens (tertiary/aromatic N) is 2. The number of benzene rings is 2. The summed E-state index contributed by atoms with van der Waals surface area (Å²) in [5, 5.41) is 8.65. The monoisotopic (exact) mass is 677 g/mol. The van der Waals surface area contributed by atoms with Crippen LogP contribution in [0.3, 0.4) is 0 Å². The number of carbonyl (C=O) groups is 5. The van der Waals surface area contributed by atoms with Gasteiger partial charge < -0.3 is 35.2 Å². The van der Waals surface area contributed by atoms with Gasteiger partial charge in [-0.1, -0.05) is 52.0 Å². The second-order valence-corrected chi connectivity index (χ2v) is 13.6. The minimum atomic E-state index is -0.898. The molecule has 0 unspecified atom stereocenters. The summed E-state index contributed by atoms with van der Waals surface area (Å²) in [7, 11) is 1.63. The largest absolute Gasteiger partial charge is 0.492 e. The van der Waals surface area contributed by atoms with Gasteiger partial charge in [0.1, 0.15) is 36.2 Å². The lowest BCUT2D eigenvalue weighted by Gasteiger charge is -2.35. The van der Waals surface area contributed by atoms with E-state index < -0.39 is 24.0 Å². The highest BCUT2D eigenvalue weighted by Crippen LogP contribution is 2.25. The molecule has 1 saturated heterocycles. The molecule has 0 spiro atoms. The zero-order valence-electron chi connectivity index (χ0n) is 29.3. The molecular formula is C37H51N5O7. The van der Waals surface area contributed by atoms with Crippen molar-refractivity contribution >= 4 is 29.5 Å². The van der Waals surface area contributed by atoms with Gasteiger partial charge in [0.2, 0.25) is 17.7 Å². The van der Waals surface area contributed by atoms with E-state index in [0.717, 1.165) is 5.56 Å². The highest BCUT2D eigenvalue weighted by molar-refractivity contribution is 6.00. The minimum Gasteiger partial charge on any atom is -0.492 e. The average Bonchev–Trinajstić information content (AvgIpc) is 3.57. The van der Waals surface area contributed by atoms with Gasteiger partial charge in [0.25, 0.3) is 11.8 Å². The molecule has 12 nitrogen and oxygen atoms in total. The third-order valence-corrected chi connectivity index (χ3v) is 8.76. The van der Waals surface area contributed by atoms with Gasteiger partial charge in [-0.25, -0.2) is 0 Å². The van der Waals surface area contributed by atoms with Crippen LogP contribution < -0.4 is 25.4 Å². The Morgan fingerprint density at radius 3 is 2.27 bits per heavy atom. The van der Waals surface area contributed by atoms with Crippen LogP contribution in [-0.2, 0) is 25.6 Å². The van der Waals surface area contributed by atoms with E-state index in [-0.39, 0.29) is 66.5 Å². The summed E-state index contributed by atoms with van der Waals surface area (Å²) < 4.78 is 11.5. The van der Waals surface area contributed by atoms with Crippen molar-refractivity contribution in [3.05, 3.63) is 59.7 Å². The number of fused-ring (bicyclic) bond motifs is 17. The Bertz CT molecular complexity index is 1460. The Hall–Kier alpha value is -4.61. The lowest BCUT2D eigenvalue weighted by atomic mass is 10.00. The van der Waals surface area contributed by atoms with Gasteiger partial charge in [0.15, 0.2) is 6.61 Å². The molecule has 0 aromatic heterocycles. The molecule has 49 heavy (non-hydrogen) atoms. The van der Waals surface area contributed by atoms with Crippen molar-refractivity contribution in [3.63, 3.8) is 0 Å². The average molecular weight is 678 g/mol. The third-order valence-electron chi connectivity index (χ3n) is 8.76. The second-order valence-electron chi connectivity index (χ2n) is 13.6. The van der Waals surface area contributed by atoms with Crippen molar-refractivity contribution in [2.45, 2.75) is 77.9 Å². The first kappa shape index (κ1) is 37.2. The maximum atomic E-state index is 14.1. The van der Waals surface area contributed by atoms with Crippen molar-refractivity contribution < 1.29 is 33.4 Å². The first-order valence-corrected chi connectivity index (χ1v) is 17.3. The van der Waals surface area contributed by atoms with Crippen LogP contribution in [0.5, 0.6) is 11.5 Å². The van der Waals surface area contributed by atoms with Gasteiger partial charge in [0, 0.05) is 20.1 Å². The number of likely N-dealkylation sites (N-methyl/N-ethyl adjacent to an activating group) is 1. The molecule has 3 aliphatic rings. The lowest BCUT2D eigenvalue weighted by molar-refractivity contribution is -0.148. The summed E-state index contributed by atoms with van der Waals surface area (Å²) in [6, 6.07) is 11.7.